The van der Waals surface area contributed by atoms with Gasteiger partial charge in [-0.25, -0.2) is 9.69 Å². The predicted molar refractivity (Wildman–Crippen MR) is 105 cm³/mol. The number of carbonyl (C=O) groups is 4. The van der Waals surface area contributed by atoms with Crippen LogP contribution < -0.4 is 5.32 Å². The van der Waals surface area contributed by atoms with Crippen LogP contribution in [-0.4, -0.2) is 41.4 Å². The van der Waals surface area contributed by atoms with Gasteiger partial charge in [-0.05, 0) is 30.2 Å². The first kappa shape index (κ1) is 20.5. The number of esters is 1. The number of amides is 3. The van der Waals surface area contributed by atoms with Crippen molar-refractivity contribution in [3.63, 3.8) is 0 Å². The predicted octanol–water partition coefficient (Wildman–Crippen LogP) is 2.89. The minimum Gasteiger partial charge on any atom is -0.442 e. The van der Waals surface area contributed by atoms with Gasteiger partial charge in [0, 0.05) is 0 Å². The monoisotopic (exact) mass is 414 g/mol. The highest BCUT2D eigenvalue weighted by atomic mass is 35.5. The van der Waals surface area contributed by atoms with E-state index in [1.165, 1.54) is 12.1 Å². The number of nitrogens with zero attached hydrogens (tertiary/aromatic N) is 1. The van der Waals surface area contributed by atoms with Crippen LogP contribution in [0.4, 0.5) is 0 Å². The molecule has 150 valence electrons. The molecule has 0 aliphatic carbocycles. The van der Waals surface area contributed by atoms with Gasteiger partial charge >= 0.3 is 5.97 Å². The molecule has 1 heterocycles. The van der Waals surface area contributed by atoms with Gasteiger partial charge in [-0.15, -0.1) is 0 Å². The Bertz CT molecular complexity index is 954. The fourth-order valence-corrected chi connectivity index (χ4v) is 3.16. The van der Waals surface area contributed by atoms with Gasteiger partial charge in [0.15, 0.2) is 6.73 Å². The summed E-state index contributed by atoms with van der Waals surface area (Å²) in [6, 6.07) is 11.9. The minimum absolute atomic E-state index is 0.230. The topological polar surface area (TPSA) is 92.8 Å². The Morgan fingerprint density at radius 3 is 2.10 bits per heavy atom. The first-order chi connectivity index (χ1) is 13.8. The van der Waals surface area contributed by atoms with E-state index in [-0.39, 0.29) is 27.6 Å². The maximum absolute atomic E-state index is 12.6. The average Bonchev–Trinajstić information content (AvgIpc) is 2.94. The zero-order chi connectivity index (χ0) is 21.1. The van der Waals surface area contributed by atoms with Crippen LogP contribution in [0.15, 0.2) is 48.5 Å². The quantitative estimate of drug-likeness (QED) is 0.579. The number of nitrogens with one attached hydrogen (secondary N) is 1. The fourth-order valence-electron chi connectivity index (χ4n) is 2.94. The van der Waals surface area contributed by atoms with Crippen LogP contribution in [-0.2, 0) is 9.53 Å². The first-order valence-electron chi connectivity index (χ1n) is 8.98. The first-order valence-corrected chi connectivity index (χ1v) is 9.36. The van der Waals surface area contributed by atoms with E-state index in [0.717, 1.165) is 4.90 Å². The smallest absolute Gasteiger partial charge is 0.330 e. The normalized spacial score (nSPS) is 14.0. The standard InChI is InChI=1S/C21H19ClN2O5/c1-12(2)17(23-18(25)15-9-5-6-10-16(15)22)21(28)29-11-24-19(26)13-7-3-4-8-14(13)20(24)27/h3-10,12,17H,11H2,1-2H3,(H,23,25). The number of imide groups is 1. The second-order valence-electron chi connectivity index (χ2n) is 6.85. The number of benzene rings is 2. The van der Waals surface area contributed by atoms with Crippen LogP contribution in [0.2, 0.25) is 5.02 Å². The summed E-state index contributed by atoms with van der Waals surface area (Å²) in [5, 5.41) is 2.86. The molecule has 0 bridgehead atoms. The molecule has 1 atom stereocenters. The van der Waals surface area contributed by atoms with Crippen LogP contribution >= 0.6 is 11.6 Å². The van der Waals surface area contributed by atoms with Crippen molar-refractivity contribution in [1.82, 2.24) is 10.2 Å². The second-order valence-corrected chi connectivity index (χ2v) is 7.26. The van der Waals surface area contributed by atoms with E-state index in [2.05, 4.69) is 5.32 Å². The molecule has 8 heteroatoms. The highest BCUT2D eigenvalue weighted by Crippen LogP contribution is 2.22. The molecule has 0 spiro atoms. The lowest BCUT2D eigenvalue weighted by Crippen LogP contribution is -2.46. The molecule has 29 heavy (non-hydrogen) atoms. The summed E-state index contributed by atoms with van der Waals surface area (Å²) < 4.78 is 5.19. The molecular weight excluding hydrogens is 396 g/mol. The van der Waals surface area contributed by atoms with Gasteiger partial charge in [0.2, 0.25) is 0 Å². The summed E-state index contributed by atoms with van der Waals surface area (Å²) in [4.78, 5) is 50.6. The van der Waals surface area contributed by atoms with Crippen molar-refractivity contribution in [1.29, 1.82) is 0 Å². The summed E-state index contributed by atoms with van der Waals surface area (Å²) >= 11 is 6.03. The third kappa shape index (κ3) is 4.14. The molecule has 2 aromatic rings. The highest BCUT2D eigenvalue weighted by molar-refractivity contribution is 6.33. The zero-order valence-corrected chi connectivity index (χ0v) is 16.6. The van der Waals surface area contributed by atoms with Crippen LogP contribution in [0, 0.1) is 5.92 Å². The van der Waals surface area contributed by atoms with Gasteiger partial charge in [-0.2, -0.15) is 0 Å². The lowest BCUT2D eigenvalue weighted by atomic mass is 10.0. The Labute approximate surface area is 172 Å². The summed E-state index contributed by atoms with van der Waals surface area (Å²) in [5.41, 5.74) is 0.759. The van der Waals surface area contributed by atoms with Crippen molar-refractivity contribution >= 4 is 35.3 Å². The SMILES string of the molecule is CC(C)C(NC(=O)c1ccccc1Cl)C(=O)OCN1C(=O)c2ccccc2C1=O. The van der Waals surface area contributed by atoms with E-state index in [9.17, 15) is 19.2 Å². The molecule has 0 radical (unpaired) electrons. The van der Waals surface area contributed by atoms with Crippen molar-refractivity contribution in [2.75, 3.05) is 6.73 Å². The van der Waals surface area contributed by atoms with Gasteiger partial charge in [-0.1, -0.05) is 49.7 Å². The number of fused-ring (bicyclic) bond motifs is 1. The van der Waals surface area contributed by atoms with E-state index in [1.807, 2.05) is 0 Å². The van der Waals surface area contributed by atoms with Crippen LogP contribution in [0.5, 0.6) is 0 Å². The number of rotatable bonds is 6. The molecule has 0 aromatic heterocycles. The Hall–Kier alpha value is -3.19. The van der Waals surface area contributed by atoms with E-state index < -0.39 is 36.5 Å². The molecule has 0 saturated carbocycles. The van der Waals surface area contributed by atoms with Gasteiger partial charge in [0.05, 0.1) is 21.7 Å². The van der Waals surface area contributed by atoms with E-state index in [0.29, 0.717) is 0 Å². The molecule has 1 unspecified atom stereocenters. The molecule has 1 aliphatic heterocycles. The molecule has 1 aliphatic rings. The number of hydrogen-bond donors (Lipinski definition) is 1. The number of carbonyl (C=O) groups excluding carboxylic acids is 4. The lowest BCUT2D eigenvalue weighted by molar-refractivity contribution is -0.149. The minimum atomic E-state index is -0.978. The van der Waals surface area contributed by atoms with Crippen molar-refractivity contribution in [2.24, 2.45) is 5.92 Å². The summed E-state index contributed by atoms with van der Waals surface area (Å²) in [5.74, 6) is -2.63. The highest BCUT2D eigenvalue weighted by Gasteiger charge is 2.36. The Kier molecular flexibility index (Phi) is 5.98. The summed E-state index contributed by atoms with van der Waals surface area (Å²) in [7, 11) is 0. The third-order valence-electron chi connectivity index (χ3n) is 4.54. The zero-order valence-electron chi connectivity index (χ0n) is 15.8. The average molecular weight is 415 g/mol. The molecule has 2 aromatic carbocycles. The Morgan fingerprint density at radius 1 is 1.00 bits per heavy atom. The molecule has 0 fully saturated rings. The molecule has 7 nitrogen and oxygen atoms in total. The fraction of sp³-hybridized carbons (Fsp3) is 0.238. The van der Waals surface area contributed by atoms with E-state index in [1.54, 1.807) is 50.2 Å². The van der Waals surface area contributed by atoms with Crippen LogP contribution in [0.1, 0.15) is 44.9 Å². The van der Waals surface area contributed by atoms with Gasteiger partial charge in [0.1, 0.15) is 6.04 Å². The van der Waals surface area contributed by atoms with Crippen molar-refractivity contribution < 1.29 is 23.9 Å². The maximum atomic E-state index is 12.6. The van der Waals surface area contributed by atoms with Crippen molar-refractivity contribution in [2.45, 2.75) is 19.9 Å². The van der Waals surface area contributed by atoms with E-state index in [4.69, 9.17) is 16.3 Å². The number of halogens is 1. The largest absolute Gasteiger partial charge is 0.442 e. The number of hydrogen-bond acceptors (Lipinski definition) is 5. The molecule has 3 rings (SSSR count). The molecule has 3 amide bonds. The summed E-state index contributed by atoms with van der Waals surface area (Å²) in [6.07, 6.45) is 0. The second kappa shape index (κ2) is 8.45. The molecular formula is C21H19ClN2O5. The summed E-state index contributed by atoms with van der Waals surface area (Å²) in [6.45, 7) is 2.94. The van der Waals surface area contributed by atoms with Gasteiger partial charge < -0.3 is 10.1 Å². The van der Waals surface area contributed by atoms with Crippen molar-refractivity contribution in [3.05, 3.63) is 70.2 Å². The van der Waals surface area contributed by atoms with Gasteiger partial charge in [0.25, 0.3) is 17.7 Å². The van der Waals surface area contributed by atoms with Gasteiger partial charge in [-0.3, -0.25) is 14.4 Å². The maximum Gasteiger partial charge on any atom is 0.330 e. The molecule has 1 N–H and O–H groups in total. The molecule has 0 saturated heterocycles. The van der Waals surface area contributed by atoms with E-state index >= 15 is 0 Å². The lowest BCUT2D eigenvalue weighted by Gasteiger charge is -2.22. The Morgan fingerprint density at radius 2 is 1.55 bits per heavy atom. The van der Waals surface area contributed by atoms with Crippen LogP contribution in [0.3, 0.4) is 0 Å². The van der Waals surface area contributed by atoms with Crippen LogP contribution in [0.25, 0.3) is 0 Å². The van der Waals surface area contributed by atoms with Crippen molar-refractivity contribution in [3.8, 4) is 0 Å². The Balaban J connectivity index is 1.67. The number of ether oxygens (including phenoxy) is 1. The third-order valence-corrected chi connectivity index (χ3v) is 4.87.